The minimum Gasteiger partial charge on any atom is -0.398 e. The number of nitrogens with two attached hydrogens (primary N) is 1. The van der Waals surface area contributed by atoms with Gasteiger partial charge in [-0.25, -0.2) is 4.39 Å². The van der Waals surface area contributed by atoms with Crippen LogP contribution in [0.3, 0.4) is 0 Å². The van der Waals surface area contributed by atoms with E-state index in [9.17, 15) is 9.18 Å². The lowest BCUT2D eigenvalue weighted by Crippen LogP contribution is -2.36. The SMILES string of the molecule is Nc1cc(F)ccc1C(=O)N1CCCN(CCO)CC1. The molecular formula is C14H20FN3O2. The molecule has 1 amide bonds. The van der Waals surface area contributed by atoms with Crippen LogP contribution < -0.4 is 5.73 Å². The molecule has 0 aliphatic carbocycles. The Kier molecular flexibility index (Phi) is 4.92. The molecule has 1 aliphatic rings. The Bertz CT molecular complexity index is 481. The van der Waals surface area contributed by atoms with Crippen molar-refractivity contribution in [3.05, 3.63) is 29.6 Å². The molecule has 0 aromatic heterocycles. The van der Waals surface area contributed by atoms with Gasteiger partial charge in [0.25, 0.3) is 5.91 Å². The van der Waals surface area contributed by atoms with Crippen LogP contribution in [0.5, 0.6) is 0 Å². The molecule has 0 saturated carbocycles. The van der Waals surface area contributed by atoms with Crippen molar-refractivity contribution in [3.63, 3.8) is 0 Å². The van der Waals surface area contributed by atoms with Crippen molar-refractivity contribution in [1.82, 2.24) is 9.80 Å². The zero-order valence-corrected chi connectivity index (χ0v) is 11.4. The van der Waals surface area contributed by atoms with Crippen LogP contribution in [-0.2, 0) is 0 Å². The molecule has 3 N–H and O–H groups in total. The van der Waals surface area contributed by atoms with E-state index in [4.69, 9.17) is 10.8 Å². The van der Waals surface area contributed by atoms with Gasteiger partial charge in [0, 0.05) is 31.9 Å². The zero-order chi connectivity index (χ0) is 14.5. The summed E-state index contributed by atoms with van der Waals surface area (Å²) in [6, 6.07) is 3.85. The van der Waals surface area contributed by atoms with Gasteiger partial charge in [-0.3, -0.25) is 9.69 Å². The number of rotatable bonds is 3. The van der Waals surface area contributed by atoms with E-state index in [0.29, 0.717) is 25.2 Å². The fourth-order valence-corrected chi connectivity index (χ4v) is 2.44. The number of halogens is 1. The molecule has 20 heavy (non-hydrogen) atoms. The average Bonchev–Trinajstić information content (AvgIpc) is 2.64. The number of hydrogen-bond acceptors (Lipinski definition) is 4. The molecule has 2 rings (SSSR count). The molecule has 110 valence electrons. The maximum absolute atomic E-state index is 13.0. The van der Waals surface area contributed by atoms with Crippen molar-refractivity contribution in [2.24, 2.45) is 0 Å². The number of amides is 1. The topological polar surface area (TPSA) is 69.8 Å². The second-order valence-corrected chi connectivity index (χ2v) is 4.94. The van der Waals surface area contributed by atoms with E-state index < -0.39 is 5.82 Å². The van der Waals surface area contributed by atoms with Crippen LogP contribution in [0.4, 0.5) is 10.1 Å². The molecule has 0 radical (unpaired) electrons. The molecule has 1 aliphatic heterocycles. The van der Waals surface area contributed by atoms with E-state index in [2.05, 4.69) is 4.90 Å². The molecular weight excluding hydrogens is 261 g/mol. The fraction of sp³-hybridized carbons (Fsp3) is 0.500. The highest BCUT2D eigenvalue weighted by molar-refractivity contribution is 5.99. The number of aliphatic hydroxyl groups is 1. The molecule has 0 bridgehead atoms. The highest BCUT2D eigenvalue weighted by Crippen LogP contribution is 2.17. The number of benzene rings is 1. The summed E-state index contributed by atoms with van der Waals surface area (Å²) in [6.45, 7) is 3.59. The molecule has 1 saturated heterocycles. The smallest absolute Gasteiger partial charge is 0.255 e. The normalized spacial score (nSPS) is 17.0. The predicted octanol–water partition coefficient (Wildman–Crippen LogP) is 0.548. The predicted molar refractivity (Wildman–Crippen MR) is 74.9 cm³/mol. The van der Waals surface area contributed by atoms with Gasteiger partial charge in [-0.1, -0.05) is 0 Å². The van der Waals surface area contributed by atoms with Gasteiger partial charge < -0.3 is 15.7 Å². The fourth-order valence-electron chi connectivity index (χ4n) is 2.44. The number of β-amino-alcohol motifs (C(OH)–C–C–N with tert-alkyl or cyclic N) is 1. The Labute approximate surface area is 117 Å². The second kappa shape index (κ2) is 6.67. The van der Waals surface area contributed by atoms with Crippen LogP contribution in [0, 0.1) is 5.82 Å². The zero-order valence-electron chi connectivity index (χ0n) is 11.4. The molecule has 0 unspecified atom stereocenters. The highest BCUT2D eigenvalue weighted by Gasteiger charge is 2.21. The first-order chi connectivity index (χ1) is 9.61. The van der Waals surface area contributed by atoms with Crippen LogP contribution >= 0.6 is 0 Å². The Morgan fingerprint density at radius 1 is 1.30 bits per heavy atom. The molecule has 0 spiro atoms. The van der Waals surface area contributed by atoms with Crippen molar-refractivity contribution in [2.45, 2.75) is 6.42 Å². The van der Waals surface area contributed by atoms with E-state index >= 15 is 0 Å². The van der Waals surface area contributed by atoms with E-state index in [1.54, 1.807) is 4.90 Å². The molecule has 0 atom stereocenters. The summed E-state index contributed by atoms with van der Waals surface area (Å²) in [5.74, 6) is -0.600. The third-order valence-electron chi connectivity index (χ3n) is 3.54. The first kappa shape index (κ1) is 14.7. The molecule has 6 heteroatoms. The summed E-state index contributed by atoms with van der Waals surface area (Å²) in [5, 5.41) is 8.95. The number of nitrogen functional groups attached to an aromatic ring is 1. The number of carbonyl (C=O) groups excluding carboxylic acids is 1. The number of anilines is 1. The Hall–Kier alpha value is -1.66. The van der Waals surface area contributed by atoms with Gasteiger partial charge in [0.05, 0.1) is 12.2 Å². The number of aliphatic hydroxyl groups excluding tert-OH is 1. The van der Waals surface area contributed by atoms with Gasteiger partial charge in [0.15, 0.2) is 0 Å². The monoisotopic (exact) mass is 281 g/mol. The third-order valence-corrected chi connectivity index (χ3v) is 3.54. The molecule has 1 heterocycles. The van der Waals surface area contributed by atoms with Gasteiger partial charge >= 0.3 is 0 Å². The molecule has 1 fully saturated rings. The van der Waals surface area contributed by atoms with Gasteiger partial charge in [-0.2, -0.15) is 0 Å². The van der Waals surface area contributed by atoms with Gasteiger partial charge in [-0.15, -0.1) is 0 Å². The van der Waals surface area contributed by atoms with E-state index in [0.717, 1.165) is 19.5 Å². The summed E-state index contributed by atoms with van der Waals surface area (Å²) < 4.78 is 13.0. The molecule has 1 aromatic rings. The van der Waals surface area contributed by atoms with Crippen molar-refractivity contribution >= 4 is 11.6 Å². The minimum atomic E-state index is -0.441. The minimum absolute atomic E-state index is 0.124. The molecule has 1 aromatic carbocycles. The number of carbonyl (C=O) groups is 1. The highest BCUT2D eigenvalue weighted by atomic mass is 19.1. The summed E-state index contributed by atoms with van der Waals surface area (Å²) in [7, 11) is 0. The third kappa shape index (κ3) is 3.46. The first-order valence-corrected chi connectivity index (χ1v) is 6.79. The van der Waals surface area contributed by atoms with Crippen molar-refractivity contribution in [1.29, 1.82) is 0 Å². The Morgan fingerprint density at radius 3 is 2.80 bits per heavy atom. The van der Waals surface area contributed by atoms with Crippen molar-refractivity contribution in [3.8, 4) is 0 Å². The number of nitrogens with zero attached hydrogens (tertiary/aromatic N) is 2. The Morgan fingerprint density at radius 2 is 2.10 bits per heavy atom. The van der Waals surface area contributed by atoms with Gasteiger partial charge in [-0.05, 0) is 31.2 Å². The van der Waals surface area contributed by atoms with Gasteiger partial charge in [0.2, 0.25) is 0 Å². The maximum Gasteiger partial charge on any atom is 0.255 e. The van der Waals surface area contributed by atoms with E-state index in [-0.39, 0.29) is 18.2 Å². The van der Waals surface area contributed by atoms with E-state index in [1.165, 1.54) is 18.2 Å². The van der Waals surface area contributed by atoms with Crippen LogP contribution in [0.15, 0.2) is 18.2 Å². The first-order valence-electron chi connectivity index (χ1n) is 6.79. The lowest BCUT2D eigenvalue weighted by Gasteiger charge is -2.22. The quantitative estimate of drug-likeness (QED) is 0.794. The molecule has 5 nitrogen and oxygen atoms in total. The van der Waals surface area contributed by atoms with Crippen LogP contribution in [0.1, 0.15) is 16.8 Å². The maximum atomic E-state index is 13.0. The van der Waals surface area contributed by atoms with Gasteiger partial charge in [0.1, 0.15) is 5.82 Å². The van der Waals surface area contributed by atoms with Crippen molar-refractivity contribution in [2.75, 3.05) is 45.1 Å². The van der Waals surface area contributed by atoms with Crippen molar-refractivity contribution < 1.29 is 14.3 Å². The van der Waals surface area contributed by atoms with Crippen LogP contribution in [0.2, 0.25) is 0 Å². The number of hydrogen-bond donors (Lipinski definition) is 2. The lowest BCUT2D eigenvalue weighted by molar-refractivity contribution is 0.0761. The summed E-state index contributed by atoms with van der Waals surface area (Å²) in [6.07, 6.45) is 0.854. The second-order valence-electron chi connectivity index (χ2n) is 4.94. The Balaban J connectivity index is 2.05. The average molecular weight is 281 g/mol. The van der Waals surface area contributed by atoms with Crippen LogP contribution in [-0.4, -0.2) is 60.1 Å². The standard InChI is InChI=1S/C14H20FN3O2/c15-11-2-3-12(13(16)10-11)14(20)18-5-1-4-17(6-7-18)8-9-19/h2-3,10,19H,1,4-9,16H2. The van der Waals surface area contributed by atoms with E-state index in [1.807, 2.05) is 0 Å². The largest absolute Gasteiger partial charge is 0.398 e. The summed E-state index contributed by atoms with van der Waals surface area (Å²) in [4.78, 5) is 16.3. The summed E-state index contributed by atoms with van der Waals surface area (Å²) >= 11 is 0. The lowest BCUT2D eigenvalue weighted by atomic mass is 10.1. The van der Waals surface area contributed by atoms with Crippen LogP contribution in [0.25, 0.3) is 0 Å². The summed E-state index contributed by atoms with van der Waals surface area (Å²) in [5.41, 5.74) is 6.23.